The monoisotopic (exact) mass is 266 g/mol. The largest absolute Gasteiger partial charge is 0.469 e. The molecule has 0 aromatic heterocycles. The van der Waals surface area contributed by atoms with Gasteiger partial charge in [0.1, 0.15) is 0 Å². The fourth-order valence-corrected chi connectivity index (χ4v) is 1.48. The van der Waals surface area contributed by atoms with Crippen molar-refractivity contribution in [2.75, 3.05) is 13.2 Å². The lowest BCUT2D eigenvalue weighted by atomic mass is 10.1. The highest BCUT2D eigenvalue weighted by molar-refractivity contribution is 7.46. The molecule has 1 atom stereocenters. The zero-order valence-corrected chi connectivity index (χ0v) is 11.0. The van der Waals surface area contributed by atoms with E-state index in [0.29, 0.717) is 18.4 Å². The molecule has 0 aliphatic heterocycles. The van der Waals surface area contributed by atoms with Gasteiger partial charge in [-0.2, -0.15) is 0 Å². The standard InChI is InChI=1S/C10H19O6P/c1-8(2)10(11)15-6-4-5-9(3)7-16-17(12,13)14/h9H,1,4-7H2,2-3H3,(H2,12,13,14). The van der Waals surface area contributed by atoms with E-state index in [-0.39, 0.29) is 19.1 Å². The lowest BCUT2D eigenvalue weighted by Crippen LogP contribution is -2.09. The molecule has 0 bridgehead atoms. The van der Waals surface area contributed by atoms with E-state index >= 15 is 0 Å². The van der Waals surface area contributed by atoms with E-state index in [1.807, 2.05) is 0 Å². The Kier molecular flexibility index (Phi) is 7.30. The molecule has 0 aliphatic rings. The predicted molar refractivity (Wildman–Crippen MR) is 62.2 cm³/mol. The molecule has 0 aromatic carbocycles. The summed E-state index contributed by atoms with van der Waals surface area (Å²) in [6.07, 6.45) is 1.27. The van der Waals surface area contributed by atoms with Gasteiger partial charge >= 0.3 is 13.8 Å². The number of carbonyl (C=O) groups excluding carboxylic acids is 1. The van der Waals surface area contributed by atoms with Crippen LogP contribution in [0.2, 0.25) is 0 Å². The third-order valence-corrected chi connectivity index (χ3v) is 2.44. The summed E-state index contributed by atoms with van der Waals surface area (Å²) in [6.45, 7) is 7.07. The Morgan fingerprint density at radius 3 is 2.53 bits per heavy atom. The first kappa shape index (κ1) is 16.3. The maximum Gasteiger partial charge on any atom is 0.469 e. The van der Waals surface area contributed by atoms with Crippen LogP contribution in [0.15, 0.2) is 12.2 Å². The SMILES string of the molecule is C=C(C)C(=O)OCCCC(C)COP(=O)(O)O. The number of esters is 1. The van der Waals surface area contributed by atoms with Gasteiger partial charge in [0.05, 0.1) is 13.2 Å². The Morgan fingerprint density at radius 1 is 1.47 bits per heavy atom. The van der Waals surface area contributed by atoms with Gasteiger partial charge in [0.15, 0.2) is 0 Å². The van der Waals surface area contributed by atoms with Crippen LogP contribution in [-0.4, -0.2) is 29.0 Å². The van der Waals surface area contributed by atoms with Gasteiger partial charge in [-0.1, -0.05) is 13.5 Å². The normalized spacial score (nSPS) is 13.2. The van der Waals surface area contributed by atoms with Crippen LogP contribution in [0.25, 0.3) is 0 Å². The molecule has 0 spiro atoms. The van der Waals surface area contributed by atoms with E-state index in [9.17, 15) is 9.36 Å². The zero-order chi connectivity index (χ0) is 13.5. The van der Waals surface area contributed by atoms with Crippen molar-refractivity contribution in [2.45, 2.75) is 26.7 Å². The van der Waals surface area contributed by atoms with Crippen molar-refractivity contribution in [1.82, 2.24) is 0 Å². The highest BCUT2D eigenvalue weighted by atomic mass is 31.2. The summed E-state index contributed by atoms with van der Waals surface area (Å²) in [7, 11) is -4.38. The molecule has 0 rings (SSSR count). The van der Waals surface area contributed by atoms with Crippen molar-refractivity contribution < 1.29 is 28.4 Å². The number of carbonyl (C=O) groups is 1. The quantitative estimate of drug-likeness (QED) is 0.300. The first-order valence-corrected chi connectivity index (χ1v) is 6.78. The molecule has 6 nitrogen and oxygen atoms in total. The summed E-state index contributed by atoms with van der Waals surface area (Å²) < 4.78 is 19.6. The van der Waals surface area contributed by atoms with Crippen molar-refractivity contribution >= 4 is 13.8 Å². The average molecular weight is 266 g/mol. The third-order valence-electron chi connectivity index (χ3n) is 1.95. The van der Waals surface area contributed by atoms with Gasteiger partial charge in [-0.05, 0) is 25.7 Å². The summed E-state index contributed by atoms with van der Waals surface area (Å²) in [5.41, 5.74) is 0.350. The molecule has 0 radical (unpaired) electrons. The number of rotatable bonds is 8. The average Bonchev–Trinajstić information content (AvgIpc) is 2.20. The highest BCUT2D eigenvalue weighted by Gasteiger charge is 2.15. The molecule has 0 amide bonds. The van der Waals surface area contributed by atoms with Crippen molar-refractivity contribution in [1.29, 1.82) is 0 Å². The summed E-state index contributed by atoms with van der Waals surface area (Å²) in [5, 5.41) is 0. The summed E-state index contributed by atoms with van der Waals surface area (Å²) in [5.74, 6) is -0.435. The van der Waals surface area contributed by atoms with Crippen molar-refractivity contribution in [3.05, 3.63) is 12.2 Å². The number of phosphoric acid groups is 1. The highest BCUT2D eigenvalue weighted by Crippen LogP contribution is 2.36. The molecule has 17 heavy (non-hydrogen) atoms. The van der Waals surface area contributed by atoms with E-state index in [0.717, 1.165) is 0 Å². The molecule has 100 valence electrons. The maximum absolute atomic E-state index is 11.0. The molecule has 0 aliphatic carbocycles. The van der Waals surface area contributed by atoms with Crippen LogP contribution in [0.4, 0.5) is 0 Å². The van der Waals surface area contributed by atoms with E-state index in [2.05, 4.69) is 11.1 Å². The van der Waals surface area contributed by atoms with Gasteiger partial charge in [-0.3, -0.25) is 4.52 Å². The zero-order valence-electron chi connectivity index (χ0n) is 10.1. The van der Waals surface area contributed by atoms with Crippen LogP contribution in [0, 0.1) is 5.92 Å². The fraction of sp³-hybridized carbons (Fsp3) is 0.700. The minimum atomic E-state index is -4.38. The Labute approximate surface area is 101 Å². The van der Waals surface area contributed by atoms with E-state index < -0.39 is 13.8 Å². The van der Waals surface area contributed by atoms with Gasteiger partial charge < -0.3 is 14.5 Å². The third kappa shape index (κ3) is 10.2. The van der Waals surface area contributed by atoms with Gasteiger partial charge in [0, 0.05) is 5.57 Å². The Balaban J connectivity index is 3.58. The predicted octanol–water partition coefficient (Wildman–Crippen LogP) is 1.63. The van der Waals surface area contributed by atoms with Crippen molar-refractivity contribution in [3.63, 3.8) is 0 Å². The summed E-state index contributed by atoms with van der Waals surface area (Å²) >= 11 is 0. The van der Waals surface area contributed by atoms with Gasteiger partial charge in [0.2, 0.25) is 0 Å². The molecule has 0 fully saturated rings. The van der Waals surface area contributed by atoms with Crippen LogP contribution in [0.1, 0.15) is 26.7 Å². The Hall–Kier alpha value is -0.680. The van der Waals surface area contributed by atoms with Crippen molar-refractivity contribution in [3.8, 4) is 0 Å². The number of hydrogen-bond donors (Lipinski definition) is 2. The van der Waals surface area contributed by atoms with Crippen LogP contribution in [-0.2, 0) is 18.6 Å². The molecule has 7 heteroatoms. The second kappa shape index (κ2) is 7.61. The van der Waals surface area contributed by atoms with E-state index in [4.69, 9.17) is 14.5 Å². The van der Waals surface area contributed by atoms with E-state index in [1.165, 1.54) is 0 Å². The molecule has 0 heterocycles. The molecular weight excluding hydrogens is 247 g/mol. The maximum atomic E-state index is 11.0. The summed E-state index contributed by atoms with van der Waals surface area (Å²) in [6, 6.07) is 0. The minimum absolute atomic E-state index is 0.00819. The Bertz CT molecular complexity index is 308. The van der Waals surface area contributed by atoms with Crippen molar-refractivity contribution in [2.24, 2.45) is 5.92 Å². The Morgan fingerprint density at radius 2 is 2.06 bits per heavy atom. The summed E-state index contributed by atoms with van der Waals surface area (Å²) in [4.78, 5) is 28.0. The number of ether oxygens (including phenoxy) is 1. The van der Waals surface area contributed by atoms with E-state index in [1.54, 1.807) is 13.8 Å². The van der Waals surface area contributed by atoms with Crippen LogP contribution < -0.4 is 0 Å². The first-order chi connectivity index (χ1) is 7.72. The van der Waals surface area contributed by atoms with Crippen LogP contribution >= 0.6 is 7.82 Å². The minimum Gasteiger partial charge on any atom is -0.462 e. The molecular formula is C10H19O6P. The number of phosphoric ester groups is 1. The molecule has 1 unspecified atom stereocenters. The van der Waals surface area contributed by atoms with Crippen LogP contribution in [0.3, 0.4) is 0 Å². The van der Waals surface area contributed by atoms with Gasteiger partial charge in [0.25, 0.3) is 0 Å². The molecule has 0 aromatic rings. The fourth-order valence-electron chi connectivity index (χ4n) is 1.03. The number of hydrogen-bond acceptors (Lipinski definition) is 4. The molecule has 2 N–H and O–H groups in total. The molecule has 0 saturated heterocycles. The van der Waals surface area contributed by atoms with Gasteiger partial charge in [-0.25, -0.2) is 9.36 Å². The first-order valence-electron chi connectivity index (χ1n) is 5.25. The smallest absolute Gasteiger partial charge is 0.462 e. The lowest BCUT2D eigenvalue weighted by Gasteiger charge is -2.12. The second-order valence-electron chi connectivity index (χ2n) is 3.95. The molecule has 0 saturated carbocycles. The van der Waals surface area contributed by atoms with Gasteiger partial charge in [-0.15, -0.1) is 0 Å². The van der Waals surface area contributed by atoms with Crippen LogP contribution in [0.5, 0.6) is 0 Å². The second-order valence-corrected chi connectivity index (χ2v) is 5.19. The lowest BCUT2D eigenvalue weighted by molar-refractivity contribution is -0.139. The topological polar surface area (TPSA) is 93.1 Å².